The number of amides is 4. The Morgan fingerprint density at radius 3 is 2.11 bits per heavy atom. The number of nitrogens with zero attached hydrogens (tertiary/aromatic N) is 2. The lowest BCUT2D eigenvalue weighted by Crippen LogP contribution is -2.33. The van der Waals surface area contributed by atoms with Crippen LogP contribution in [0.25, 0.3) is 0 Å². The van der Waals surface area contributed by atoms with Gasteiger partial charge in [0.05, 0.1) is 6.42 Å². The molecule has 148 valence electrons. The van der Waals surface area contributed by atoms with Crippen LogP contribution in [-0.4, -0.2) is 50.4 Å². The summed E-state index contributed by atoms with van der Waals surface area (Å²) >= 11 is 0. The van der Waals surface area contributed by atoms with Gasteiger partial charge in [-0.05, 0) is 29.8 Å². The number of carbonyl (C=O) groups excluding carboxylic acids is 3. The highest BCUT2D eigenvalue weighted by Gasteiger charge is 2.11. The molecule has 28 heavy (non-hydrogen) atoms. The van der Waals surface area contributed by atoms with Crippen molar-refractivity contribution in [3.05, 3.63) is 60.2 Å². The molecule has 7 heteroatoms. The highest BCUT2D eigenvalue weighted by Crippen LogP contribution is 2.15. The minimum atomic E-state index is -0.376. The van der Waals surface area contributed by atoms with Gasteiger partial charge in [-0.25, -0.2) is 4.79 Å². The second-order valence-corrected chi connectivity index (χ2v) is 6.58. The Morgan fingerprint density at radius 1 is 0.857 bits per heavy atom. The van der Waals surface area contributed by atoms with Gasteiger partial charge < -0.3 is 20.4 Å². The summed E-state index contributed by atoms with van der Waals surface area (Å²) < 4.78 is 0. The van der Waals surface area contributed by atoms with E-state index in [4.69, 9.17) is 0 Å². The van der Waals surface area contributed by atoms with E-state index in [0.29, 0.717) is 5.69 Å². The number of nitrogens with one attached hydrogen (secondary N) is 2. The lowest BCUT2D eigenvalue weighted by Gasteiger charge is -2.17. The monoisotopic (exact) mass is 382 g/mol. The lowest BCUT2D eigenvalue weighted by molar-refractivity contribution is -0.128. The first-order valence-electron chi connectivity index (χ1n) is 9.02. The van der Waals surface area contributed by atoms with Gasteiger partial charge >= 0.3 is 6.03 Å². The summed E-state index contributed by atoms with van der Waals surface area (Å²) in [6.45, 7) is 0.265. The molecule has 0 aliphatic heterocycles. The summed E-state index contributed by atoms with van der Waals surface area (Å²) in [7, 11) is 5.09. The molecule has 0 spiro atoms. The fourth-order valence-electron chi connectivity index (χ4n) is 2.48. The molecule has 0 saturated heterocycles. The first-order chi connectivity index (χ1) is 13.4. The van der Waals surface area contributed by atoms with Gasteiger partial charge in [0.1, 0.15) is 0 Å². The molecule has 0 aliphatic rings. The third-order valence-corrected chi connectivity index (χ3v) is 4.21. The van der Waals surface area contributed by atoms with Gasteiger partial charge in [0.2, 0.25) is 11.8 Å². The van der Waals surface area contributed by atoms with E-state index in [9.17, 15) is 14.4 Å². The Kier molecular flexibility index (Phi) is 7.56. The van der Waals surface area contributed by atoms with Gasteiger partial charge in [-0.2, -0.15) is 0 Å². The van der Waals surface area contributed by atoms with Crippen LogP contribution in [0.3, 0.4) is 0 Å². The Labute approximate surface area is 165 Å². The number of carbonyl (C=O) groups is 3. The summed E-state index contributed by atoms with van der Waals surface area (Å²) in [4.78, 5) is 38.8. The number of benzene rings is 2. The second kappa shape index (κ2) is 10.1. The van der Waals surface area contributed by atoms with Crippen LogP contribution in [-0.2, 0) is 16.0 Å². The van der Waals surface area contributed by atoms with Crippen molar-refractivity contribution < 1.29 is 14.4 Å². The van der Waals surface area contributed by atoms with Gasteiger partial charge in [0.25, 0.3) is 0 Å². The maximum absolute atomic E-state index is 12.4. The number of rotatable bonds is 7. The molecular weight excluding hydrogens is 356 g/mol. The minimum Gasteiger partial charge on any atom is -0.349 e. The van der Waals surface area contributed by atoms with Crippen molar-refractivity contribution >= 4 is 29.2 Å². The van der Waals surface area contributed by atoms with E-state index in [1.54, 1.807) is 38.2 Å². The van der Waals surface area contributed by atoms with Crippen LogP contribution in [0.4, 0.5) is 16.2 Å². The van der Waals surface area contributed by atoms with Crippen molar-refractivity contribution in [3.63, 3.8) is 0 Å². The van der Waals surface area contributed by atoms with Crippen molar-refractivity contribution in [3.8, 4) is 0 Å². The summed E-state index contributed by atoms with van der Waals surface area (Å²) in [5.41, 5.74) is 2.31. The summed E-state index contributed by atoms with van der Waals surface area (Å²) in [6.07, 6.45) is 0.515. The molecular formula is C21H26N4O3. The molecule has 7 nitrogen and oxygen atoms in total. The van der Waals surface area contributed by atoms with Crippen LogP contribution in [0.15, 0.2) is 54.6 Å². The summed E-state index contributed by atoms with van der Waals surface area (Å²) in [6, 6.07) is 16.2. The van der Waals surface area contributed by atoms with E-state index in [-0.39, 0.29) is 37.2 Å². The van der Waals surface area contributed by atoms with E-state index >= 15 is 0 Å². The molecule has 2 rings (SSSR count). The van der Waals surface area contributed by atoms with Crippen LogP contribution in [0.2, 0.25) is 0 Å². The Balaban J connectivity index is 1.82. The first-order valence-corrected chi connectivity index (χ1v) is 9.02. The lowest BCUT2D eigenvalue weighted by atomic mass is 10.1. The zero-order valence-corrected chi connectivity index (χ0v) is 16.4. The van der Waals surface area contributed by atoms with Crippen molar-refractivity contribution in [2.45, 2.75) is 12.8 Å². The van der Waals surface area contributed by atoms with E-state index in [2.05, 4.69) is 10.6 Å². The molecule has 0 bridgehead atoms. The van der Waals surface area contributed by atoms with E-state index in [1.165, 1.54) is 4.90 Å². The predicted octanol–water partition coefficient (Wildman–Crippen LogP) is 2.49. The molecule has 0 fully saturated rings. The number of anilines is 2. The SMILES string of the molecule is CN(C)C(=O)CCNC(=O)Nc1ccc(CC(=O)N(C)c2ccccc2)cc1. The summed E-state index contributed by atoms with van der Waals surface area (Å²) in [5.74, 6) is -0.0648. The Hall–Kier alpha value is -3.35. The molecule has 2 aromatic rings. The zero-order valence-electron chi connectivity index (χ0n) is 16.4. The van der Waals surface area contributed by atoms with Crippen molar-refractivity contribution in [1.29, 1.82) is 0 Å². The molecule has 0 unspecified atom stereocenters. The van der Waals surface area contributed by atoms with Crippen LogP contribution in [0.1, 0.15) is 12.0 Å². The molecule has 0 atom stereocenters. The Bertz CT molecular complexity index is 804. The fourth-order valence-corrected chi connectivity index (χ4v) is 2.48. The largest absolute Gasteiger partial charge is 0.349 e. The molecule has 2 aromatic carbocycles. The predicted molar refractivity (Wildman–Crippen MR) is 110 cm³/mol. The third-order valence-electron chi connectivity index (χ3n) is 4.21. The highest BCUT2D eigenvalue weighted by molar-refractivity contribution is 5.94. The highest BCUT2D eigenvalue weighted by atomic mass is 16.2. The molecule has 0 radical (unpaired) electrons. The maximum atomic E-state index is 12.4. The molecule has 2 N–H and O–H groups in total. The number of likely N-dealkylation sites (N-methyl/N-ethyl adjacent to an activating group) is 1. The standard InChI is InChI=1S/C21H26N4O3/c1-24(2)19(26)13-14-22-21(28)23-17-11-9-16(10-12-17)15-20(27)25(3)18-7-5-4-6-8-18/h4-12H,13-15H2,1-3H3,(H2,22,23,28). The number of urea groups is 1. The van der Waals surface area contributed by atoms with Crippen LogP contribution in [0.5, 0.6) is 0 Å². The topological polar surface area (TPSA) is 81.8 Å². The van der Waals surface area contributed by atoms with Gasteiger partial charge in [-0.3, -0.25) is 9.59 Å². The summed E-state index contributed by atoms with van der Waals surface area (Å²) in [5, 5.41) is 5.34. The maximum Gasteiger partial charge on any atom is 0.319 e. The Morgan fingerprint density at radius 2 is 1.50 bits per heavy atom. The smallest absolute Gasteiger partial charge is 0.319 e. The third kappa shape index (κ3) is 6.42. The van der Waals surface area contributed by atoms with Crippen molar-refractivity contribution in [2.24, 2.45) is 0 Å². The molecule has 0 saturated carbocycles. The average molecular weight is 382 g/mol. The second-order valence-electron chi connectivity index (χ2n) is 6.58. The van der Waals surface area contributed by atoms with Crippen molar-refractivity contribution in [1.82, 2.24) is 10.2 Å². The van der Waals surface area contributed by atoms with Crippen LogP contribution >= 0.6 is 0 Å². The van der Waals surface area contributed by atoms with Crippen LogP contribution in [0, 0.1) is 0 Å². The number of hydrogen-bond acceptors (Lipinski definition) is 3. The van der Waals surface area contributed by atoms with Crippen LogP contribution < -0.4 is 15.5 Å². The number of para-hydroxylation sites is 1. The van der Waals surface area contributed by atoms with E-state index < -0.39 is 0 Å². The first kappa shape index (κ1) is 21.0. The van der Waals surface area contributed by atoms with Gasteiger partial charge in [0, 0.05) is 45.5 Å². The fraction of sp³-hybridized carbons (Fsp3) is 0.286. The molecule has 0 heterocycles. The number of hydrogen-bond donors (Lipinski definition) is 2. The molecule has 0 aliphatic carbocycles. The zero-order chi connectivity index (χ0) is 20.5. The molecule has 4 amide bonds. The van der Waals surface area contributed by atoms with Gasteiger partial charge in [-0.15, -0.1) is 0 Å². The normalized spacial score (nSPS) is 10.1. The molecule has 0 aromatic heterocycles. The average Bonchev–Trinajstić information content (AvgIpc) is 2.69. The quantitative estimate of drug-likeness (QED) is 0.772. The van der Waals surface area contributed by atoms with E-state index in [0.717, 1.165) is 11.3 Å². The van der Waals surface area contributed by atoms with E-state index in [1.807, 2.05) is 42.5 Å². The van der Waals surface area contributed by atoms with Crippen molar-refractivity contribution in [2.75, 3.05) is 37.9 Å². The van der Waals surface area contributed by atoms with Gasteiger partial charge in [-0.1, -0.05) is 30.3 Å². The minimum absolute atomic E-state index is 0.0183. The van der Waals surface area contributed by atoms with Gasteiger partial charge in [0.15, 0.2) is 0 Å².